The summed E-state index contributed by atoms with van der Waals surface area (Å²) in [5.74, 6) is 0.395. The van der Waals surface area contributed by atoms with Gasteiger partial charge in [-0.25, -0.2) is 4.98 Å². The molecule has 4 aromatic rings. The zero-order chi connectivity index (χ0) is 24.2. The third kappa shape index (κ3) is 5.81. The van der Waals surface area contributed by atoms with Gasteiger partial charge in [0.15, 0.2) is 10.2 Å². The Labute approximate surface area is 213 Å². The van der Waals surface area contributed by atoms with E-state index in [1.807, 2.05) is 6.07 Å². The first-order valence-electron chi connectivity index (χ1n) is 9.81. The summed E-state index contributed by atoms with van der Waals surface area (Å²) in [6.07, 6.45) is 2.81. The number of halogens is 2. The highest BCUT2D eigenvalue weighted by atomic mass is 35.5. The molecular formula is C23H16Cl2N4O3S2. The van der Waals surface area contributed by atoms with Crippen molar-refractivity contribution in [2.45, 2.75) is 6.92 Å². The van der Waals surface area contributed by atoms with Gasteiger partial charge in [0.05, 0.1) is 20.3 Å². The first-order chi connectivity index (χ1) is 16.3. The zero-order valence-corrected chi connectivity index (χ0v) is 20.7. The third-order valence-electron chi connectivity index (χ3n) is 4.41. The molecular weight excluding hydrogens is 515 g/mol. The van der Waals surface area contributed by atoms with Crippen LogP contribution >= 0.6 is 46.8 Å². The summed E-state index contributed by atoms with van der Waals surface area (Å²) >= 11 is 18.8. The van der Waals surface area contributed by atoms with Gasteiger partial charge in [-0.15, -0.1) is 0 Å². The number of aromatic nitrogens is 1. The van der Waals surface area contributed by atoms with Crippen LogP contribution in [0, 0.1) is 0 Å². The van der Waals surface area contributed by atoms with Crippen molar-refractivity contribution < 1.29 is 14.0 Å². The van der Waals surface area contributed by atoms with Gasteiger partial charge in [-0.2, -0.15) is 0 Å². The van der Waals surface area contributed by atoms with Crippen LogP contribution in [0.15, 0.2) is 59.0 Å². The molecule has 11 heteroatoms. The second-order valence-corrected chi connectivity index (χ2v) is 9.19. The van der Waals surface area contributed by atoms with Gasteiger partial charge >= 0.3 is 0 Å². The average Bonchev–Trinajstić information content (AvgIpc) is 3.40. The number of anilines is 2. The molecule has 0 unspecified atom stereocenters. The lowest BCUT2D eigenvalue weighted by molar-refractivity contribution is -0.115. The number of nitrogens with one attached hydrogen (secondary N) is 3. The van der Waals surface area contributed by atoms with E-state index in [9.17, 15) is 9.59 Å². The van der Waals surface area contributed by atoms with E-state index in [0.717, 1.165) is 10.2 Å². The number of fused-ring (bicyclic) bond motifs is 1. The minimum absolute atomic E-state index is 0.0987. The standard InChI is InChI=1S/C23H16Cl2N4O3S2/c1-12(30)26-13-5-8-17-19(11-13)34-23(27-17)29-22(33)28-20(31)10-7-14-6-9-18(32-14)15-3-2-4-16(24)21(15)25/h2-11H,1H3,(H,26,30)(H2,27,28,29,31,33). The Morgan fingerprint density at radius 1 is 1.12 bits per heavy atom. The van der Waals surface area contributed by atoms with Gasteiger partial charge in [0, 0.05) is 24.3 Å². The van der Waals surface area contributed by atoms with Crippen molar-refractivity contribution in [3.8, 4) is 11.3 Å². The maximum absolute atomic E-state index is 12.2. The third-order valence-corrected chi connectivity index (χ3v) is 6.37. The van der Waals surface area contributed by atoms with Crippen molar-refractivity contribution in [3.63, 3.8) is 0 Å². The number of hydrogen-bond donors (Lipinski definition) is 3. The van der Waals surface area contributed by atoms with Crippen LogP contribution in [-0.4, -0.2) is 21.9 Å². The van der Waals surface area contributed by atoms with E-state index in [0.29, 0.717) is 37.9 Å². The number of carbonyl (C=O) groups excluding carboxylic acids is 2. The Hall–Kier alpha value is -3.24. The molecule has 0 saturated carbocycles. The fourth-order valence-electron chi connectivity index (χ4n) is 2.98. The second-order valence-electron chi connectivity index (χ2n) is 6.96. The predicted molar refractivity (Wildman–Crippen MR) is 141 cm³/mol. The minimum atomic E-state index is -0.440. The maximum Gasteiger partial charge on any atom is 0.250 e. The summed E-state index contributed by atoms with van der Waals surface area (Å²) < 4.78 is 6.59. The quantitative estimate of drug-likeness (QED) is 0.205. The van der Waals surface area contributed by atoms with Crippen molar-refractivity contribution in [1.29, 1.82) is 0 Å². The molecule has 0 radical (unpaired) electrons. The predicted octanol–water partition coefficient (Wildman–Crippen LogP) is 6.35. The monoisotopic (exact) mass is 530 g/mol. The molecule has 2 aromatic heterocycles. The molecule has 0 spiro atoms. The van der Waals surface area contributed by atoms with E-state index in [-0.39, 0.29) is 11.0 Å². The number of benzene rings is 2. The van der Waals surface area contributed by atoms with Gasteiger partial charge in [0.25, 0.3) is 0 Å². The Bertz CT molecular complexity index is 1450. The summed E-state index contributed by atoms with van der Waals surface area (Å²) in [5, 5.41) is 9.61. The largest absolute Gasteiger partial charge is 0.457 e. The van der Waals surface area contributed by atoms with E-state index in [1.165, 1.54) is 30.4 Å². The summed E-state index contributed by atoms with van der Waals surface area (Å²) in [7, 11) is 0. The van der Waals surface area contributed by atoms with Crippen LogP contribution < -0.4 is 16.0 Å². The second kappa shape index (κ2) is 10.4. The van der Waals surface area contributed by atoms with Gasteiger partial charge in [-0.05, 0) is 60.8 Å². The average molecular weight is 531 g/mol. The van der Waals surface area contributed by atoms with Crippen LogP contribution in [0.3, 0.4) is 0 Å². The first kappa shape index (κ1) is 23.9. The molecule has 0 aliphatic rings. The van der Waals surface area contributed by atoms with Crippen LogP contribution in [0.2, 0.25) is 10.0 Å². The zero-order valence-electron chi connectivity index (χ0n) is 17.5. The van der Waals surface area contributed by atoms with Gasteiger partial charge in [-0.3, -0.25) is 14.9 Å². The van der Waals surface area contributed by atoms with Crippen molar-refractivity contribution in [2.24, 2.45) is 0 Å². The van der Waals surface area contributed by atoms with Crippen molar-refractivity contribution >= 4 is 90.8 Å². The van der Waals surface area contributed by atoms with Crippen LogP contribution in [0.4, 0.5) is 10.8 Å². The summed E-state index contributed by atoms with van der Waals surface area (Å²) in [6.45, 7) is 1.44. The molecule has 2 aromatic carbocycles. The first-order valence-corrected chi connectivity index (χ1v) is 11.8. The molecule has 3 N–H and O–H groups in total. The van der Waals surface area contributed by atoms with Crippen molar-refractivity contribution in [2.75, 3.05) is 10.6 Å². The highest BCUT2D eigenvalue weighted by Crippen LogP contribution is 2.34. The Kier molecular flexibility index (Phi) is 7.28. The van der Waals surface area contributed by atoms with Crippen LogP contribution in [-0.2, 0) is 9.59 Å². The van der Waals surface area contributed by atoms with Crippen molar-refractivity contribution in [1.82, 2.24) is 10.3 Å². The molecule has 0 saturated heterocycles. The minimum Gasteiger partial charge on any atom is -0.457 e. The van der Waals surface area contributed by atoms with Crippen LogP contribution in [0.1, 0.15) is 12.7 Å². The van der Waals surface area contributed by atoms with Gasteiger partial charge in [0.2, 0.25) is 11.8 Å². The molecule has 2 heterocycles. The smallest absolute Gasteiger partial charge is 0.250 e. The van der Waals surface area contributed by atoms with Crippen molar-refractivity contribution in [3.05, 3.63) is 70.4 Å². The molecule has 0 atom stereocenters. The molecule has 0 aliphatic carbocycles. The number of furan rings is 1. The molecule has 7 nitrogen and oxygen atoms in total. The Morgan fingerprint density at radius 3 is 2.74 bits per heavy atom. The molecule has 172 valence electrons. The number of carbonyl (C=O) groups is 2. The molecule has 2 amide bonds. The lowest BCUT2D eigenvalue weighted by Gasteiger charge is -2.04. The SMILES string of the molecule is CC(=O)Nc1ccc2nc(NC(=S)NC(=O)C=Cc3ccc(-c4cccc(Cl)c4Cl)o3)sc2c1. The molecule has 0 fully saturated rings. The normalized spacial score (nSPS) is 11.0. The van der Waals surface area contributed by atoms with E-state index in [1.54, 1.807) is 42.5 Å². The highest BCUT2D eigenvalue weighted by Gasteiger charge is 2.11. The lowest BCUT2D eigenvalue weighted by atomic mass is 10.2. The number of amides is 2. The molecule has 34 heavy (non-hydrogen) atoms. The summed E-state index contributed by atoms with van der Waals surface area (Å²) in [4.78, 5) is 27.9. The summed E-state index contributed by atoms with van der Waals surface area (Å²) in [6, 6.07) is 14.1. The fourth-order valence-corrected chi connectivity index (χ4v) is 4.55. The van der Waals surface area contributed by atoms with Gasteiger partial charge in [0.1, 0.15) is 11.5 Å². The summed E-state index contributed by atoms with van der Waals surface area (Å²) in [5.41, 5.74) is 2.07. The Balaban J connectivity index is 1.36. The highest BCUT2D eigenvalue weighted by molar-refractivity contribution is 7.80. The maximum atomic E-state index is 12.2. The fraction of sp³-hybridized carbons (Fsp3) is 0.0435. The molecule has 4 rings (SSSR count). The van der Waals surface area contributed by atoms with Crippen LogP contribution in [0.25, 0.3) is 27.6 Å². The van der Waals surface area contributed by atoms with E-state index < -0.39 is 5.91 Å². The number of thiazole rings is 1. The van der Waals surface area contributed by atoms with Gasteiger partial charge < -0.3 is 15.1 Å². The van der Waals surface area contributed by atoms with E-state index >= 15 is 0 Å². The van der Waals surface area contributed by atoms with Crippen LogP contribution in [0.5, 0.6) is 0 Å². The number of thiocarbonyl (C=S) groups is 1. The Morgan fingerprint density at radius 2 is 1.94 bits per heavy atom. The lowest BCUT2D eigenvalue weighted by Crippen LogP contribution is -2.32. The molecule has 0 bridgehead atoms. The number of nitrogens with zero attached hydrogens (tertiary/aromatic N) is 1. The number of hydrogen-bond acceptors (Lipinski definition) is 6. The van der Waals surface area contributed by atoms with E-state index in [4.69, 9.17) is 39.8 Å². The van der Waals surface area contributed by atoms with E-state index in [2.05, 4.69) is 20.9 Å². The van der Waals surface area contributed by atoms with Gasteiger partial charge in [-0.1, -0.05) is 40.6 Å². The topological polar surface area (TPSA) is 96.3 Å². The molecule has 0 aliphatic heterocycles. The number of rotatable bonds is 5.